The van der Waals surface area contributed by atoms with Crippen LogP contribution in [0.15, 0.2) is 0 Å². The first-order valence-electron chi connectivity index (χ1n) is 3.95. The quantitative estimate of drug-likeness (QED) is 0.789. The zero-order chi connectivity index (χ0) is 7.98. The molecule has 0 aliphatic heterocycles. The van der Waals surface area contributed by atoms with Crippen LogP contribution in [0.2, 0.25) is 0 Å². The molecule has 1 unspecified atom stereocenters. The first kappa shape index (κ1) is 13.9. The Balaban J connectivity index is 0. The summed E-state index contributed by atoms with van der Waals surface area (Å²) >= 11 is 0. The van der Waals surface area contributed by atoms with Gasteiger partial charge in [-0.15, -0.1) is 0 Å². The molecule has 11 heavy (non-hydrogen) atoms. The fourth-order valence-electron chi connectivity index (χ4n) is 0.953. The average molecular weight is 323 g/mol. The van der Waals surface area contributed by atoms with E-state index in [0.29, 0.717) is 0 Å². The number of carbonyl (C=O) groups is 1. The molecule has 1 atom stereocenters. The molecule has 0 spiro atoms. The molecule has 0 fully saturated rings. The largest absolute Gasteiger partial charge is 0.481 e. The van der Waals surface area contributed by atoms with Crippen molar-refractivity contribution in [1.82, 2.24) is 0 Å². The van der Waals surface area contributed by atoms with Crippen LogP contribution in [-0.4, -0.2) is 11.1 Å². The summed E-state index contributed by atoms with van der Waals surface area (Å²) in [5.41, 5.74) is 0. The Morgan fingerprint density at radius 3 is 2.27 bits per heavy atom. The van der Waals surface area contributed by atoms with E-state index in [0.717, 1.165) is 25.7 Å². The minimum Gasteiger partial charge on any atom is -0.481 e. The number of hydrogen-bond acceptors (Lipinski definition) is 1. The number of rotatable bonds is 5. The third-order valence-electron chi connectivity index (χ3n) is 1.75. The summed E-state index contributed by atoms with van der Waals surface area (Å²) in [5.74, 6) is -0.754. The number of carboxylic acid groups (broad SMARTS) is 1. The van der Waals surface area contributed by atoms with Gasteiger partial charge in [0.05, 0.1) is 5.92 Å². The Morgan fingerprint density at radius 2 is 2.00 bits per heavy atom. The molecule has 1 N–H and O–H groups in total. The van der Waals surface area contributed by atoms with Gasteiger partial charge in [-0.25, -0.2) is 0 Å². The molecule has 2 nitrogen and oxygen atoms in total. The second kappa shape index (κ2) is 8.44. The van der Waals surface area contributed by atoms with Crippen LogP contribution in [0, 0.1) is 5.92 Å². The van der Waals surface area contributed by atoms with E-state index in [4.69, 9.17) is 5.11 Å². The molecule has 64 valence electrons. The van der Waals surface area contributed by atoms with Crippen LogP contribution in [0.5, 0.6) is 0 Å². The maximum absolute atomic E-state index is 10.4. The van der Waals surface area contributed by atoms with E-state index in [1.807, 2.05) is 6.92 Å². The molecule has 0 rings (SSSR count). The smallest absolute Gasteiger partial charge is 0.306 e. The Morgan fingerprint density at radius 1 is 1.45 bits per heavy atom. The molecule has 0 aromatic rings. The Kier molecular flexibility index (Phi) is 10.7. The topological polar surface area (TPSA) is 37.3 Å². The molecule has 0 aliphatic rings. The number of aliphatic carboxylic acids is 1. The van der Waals surface area contributed by atoms with E-state index in [9.17, 15) is 4.79 Å². The van der Waals surface area contributed by atoms with Crippen LogP contribution in [0.4, 0.5) is 0 Å². The average Bonchev–Trinajstić information content (AvgIpc) is 1.89. The predicted octanol–water partition coefficient (Wildman–Crippen LogP) is 2.28. The van der Waals surface area contributed by atoms with Gasteiger partial charge >= 0.3 is 5.97 Å². The third kappa shape index (κ3) is 6.73. The number of unbranched alkanes of at least 4 members (excludes halogenated alkanes) is 1. The maximum Gasteiger partial charge on any atom is 0.306 e. The maximum atomic E-state index is 10.4. The molecule has 0 saturated heterocycles. The first-order valence-corrected chi connectivity index (χ1v) is 3.95. The van der Waals surface area contributed by atoms with Crippen molar-refractivity contribution in [2.45, 2.75) is 39.5 Å². The van der Waals surface area contributed by atoms with Crippen LogP contribution in [-0.2, 0) is 30.6 Å². The first-order chi connectivity index (χ1) is 4.72. The molecule has 0 radical (unpaired) electrons. The Labute approximate surface area is 87.2 Å². The monoisotopic (exact) mass is 324 g/mol. The van der Waals surface area contributed by atoms with Crippen molar-refractivity contribution in [1.29, 1.82) is 0 Å². The summed E-state index contributed by atoms with van der Waals surface area (Å²) in [6, 6.07) is 0. The Hall–Kier alpha value is 0.340. The van der Waals surface area contributed by atoms with Gasteiger partial charge in [-0.1, -0.05) is 26.7 Å². The van der Waals surface area contributed by atoms with Gasteiger partial charge in [0, 0.05) is 25.8 Å². The summed E-state index contributed by atoms with van der Waals surface area (Å²) < 4.78 is 0. The SMILES string of the molecule is CCCCC(CC)C(=O)O.[Hf]. The zero-order valence-electron chi connectivity index (χ0n) is 7.26. The molecule has 0 saturated carbocycles. The zero-order valence-corrected chi connectivity index (χ0v) is 10.9. The van der Waals surface area contributed by atoms with Crippen LogP contribution >= 0.6 is 0 Å². The van der Waals surface area contributed by atoms with Gasteiger partial charge in [-0.05, 0) is 12.8 Å². The second-order valence-electron chi connectivity index (χ2n) is 2.59. The fourth-order valence-corrected chi connectivity index (χ4v) is 0.953. The van der Waals surface area contributed by atoms with Gasteiger partial charge in [0.1, 0.15) is 0 Å². The predicted molar refractivity (Wildman–Crippen MR) is 40.9 cm³/mol. The minimum atomic E-state index is -0.643. The van der Waals surface area contributed by atoms with Crippen LogP contribution in [0.3, 0.4) is 0 Å². The molecular formula is C8H16HfO2. The molecule has 0 aliphatic carbocycles. The standard InChI is InChI=1S/C8H16O2.Hf/c1-3-5-6-7(4-2)8(9)10;/h7H,3-6H2,1-2H3,(H,9,10);. The van der Waals surface area contributed by atoms with Crippen LogP contribution in [0.1, 0.15) is 39.5 Å². The van der Waals surface area contributed by atoms with E-state index < -0.39 is 5.97 Å². The summed E-state index contributed by atoms with van der Waals surface area (Å²) in [7, 11) is 0. The number of carboxylic acids is 1. The normalized spacial score (nSPS) is 11.8. The van der Waals surface area contributed by atoms with E-state index >= 15 is 0 Å². The molecular weight excluding hydrogens is 307 g/mol. The number of hydrogen-bond donors (Lipinski definition) is 1. The molecule has 3 heteroatoms. The van der Waals surface area contributed by atoms with Crippen molar-refractivity contribution in [3.63, 3.8) is 0 Å². The van der Waals surface area contributed by atoms with Gasteiger partial charge in [0.15, 0.2) is 0 Å². The summed E-state index contributed by atoms with van der Waals surface area (Å²) in [6.45, 7) is 4.00. The van der Waals surface area contributed by atoms with Gasteiger partial charge < -0.3 is 5.11 Å². The van der Waals surface area contributed by atoms with Gasteiger partial charge in [0.2, 0.25) is 0 Å². The van der Waals surface area contributed by atoms with E-state index in [1.165, 1.54) is 0 Å². The van der Waals surface area contributed by atoms with Crippen molar-refractivity contribution in [2.75, 3.05) is 0 Å². The van der Waals surface area contributed by atoms with Gasteiger partial charge in [-0.2, -0.15) is 0 Å². The van der Waals surface area contributed by atoms with Gasteiger partial charge in [0.25, 0.3) is 0 Å². The van der Waals surface area contributed by atoms with Gasteiger partial charge in [-0.3, -0.25) is 4.79 Å². The molecule has 0 aromatic heterocycles. The summed E-state index contributed by atoms with van der Waals surface area (Å²) in [4.78, 5) is 10.4. The minimum absolute atomic E-state index is 0. The van der Waals surface area contributed by atoms with E-state index in [-0.39, 0.29) is 31.8 Å². The van der Waals surface area contributed by atoms with Crippen LogP contribution in [0.25, 0.3) is 0 Å². The fraction of sp³-hybridized carbons (Fsp3) is 0.875. The van der Waals surface area contributed by atoms with Crippen LogP contribution < -0.4 is 0 Å². The van der Waals surface area contributed by atoms with E-state index in [1.54, 1.807) is 0 Å². The van der Waals surface area contributed by atoms with Crippen molar-refractivity contribution in [2.24, 2.45) is 5.92 Å². The molecule has 0 aromatic carbocycles. The third-order valence-corrected chi connectivity index (χ3v) is 1.75. The molecule has 0 bridgehead atoms. The van der Waals surface area contributed by atoms with Crippen molar-refractivity contribution in [3.05, 3.63) is 0 Å². The molecule has 0 amide bonds. The van der Waals surface area contributed by atoms with Crippen molar-refractivity contribution < 1.29 is 35.7 Å². The van der Waals surface area contributed by atoms with E-state index in [2.05, 4.69) is 6.92 Å². The van der Waals surface area contributed by atoms with Crippen molar-refractivity contribution in [3.8, 4) is 0 Å². The molecule has 0 heterocycles. The van der Waals surface area contributed by atoms with Crippen molar-refractivity contribution >= 4 is 5.97 Å². The second-order valence-corrected chi connectivity index (χ2v) is 2.59. The summed E-state index contributed by atoms with van der Waals surface area (Å²) in [6.07, 6.45) is 3.71. The Bertz CT molecular complexity index is 104. The summed E-state index contributed by atoms with van der Waals surface area (Å²) in [5, 5.41) is 8.60.